The summed E-state index contributed by atoms with van der Waals surface area (Å²) >= 11 is 0. The number of hydrogen-bond acceptors (Lipinski definition) is 8. The van der Waals surface area contributed by atoms with Crippen LogP contribution in [-0.4, -0.2) is 38.5 Å². The molecule has 4 heterocycles. The molecule has 0 unspecified atom stereocenters. The minimum absolute atomic E-state index is 0.221. The van der Waals surface area contributed by atoms with Crippen LogP contribution in [0.1, 0.15) is 18.4 Å². The second-order valence-electron chi connectivity index (χ2n) is 6.15. The number of nitrogens with zero attached hydrogens (tertiary/aromatic N) is 5. The fraction of sp³-hybridized carbons (Fsp3) is 0.211. The first kappa shape index (κ1) is 16.9. The second-order valence-corrected chi connectivity index (χ2v) is 6.15. The molecule has 8 heteroatoms. The van der Waals surface area contributed by atoms with Gasteiger partial charge >= 0.3 is 0 Å². The Morgan fingerprint density at radius 2 is 1.93 bits per heavy atom. The number of aromatic nitrogens is 5. The molecule has 0 saturated heterocycles. The molecule has 0 bridgehead atoms. The highest BCUT2D eigenvalue weighted by Crippen LogP contribution is 2.25. The highest BCUT2D eigenvalue weighted by Gasteiger charge is 2.13. The van der Waals surface area contributed by atoms with Gasteiger partial charge in [0, 0.05) is 61.4 Å². The van der Waals surface area contributed by atoms with Crippen molar-refractivity contribution in [1.82, 2.24) is 24.9 Å². The van der Waals surface area contributed by atoms with Crippen molar-refractivity contribution >= 4 is 22.9 Å². The molecule has 0 spiro atoms. The molecule has 0 radical (unpaired) electrons. The average molecular weight is 361 g/mol. The summed E-state index contributed by atoms with van der Waals surface area (Å²) in [5.41, 5.74) is 4.41. The summed E-state index contributed by atoms with van der Waals surface area (Å²) < 4.78 is 5.58. The lowest BCUT2D eigenvalue weighted by molar-refractivity contribution is 0.605. The molecule has 8 nitrogen and oxygen atoms in total. The molecule has 1 atom stereocenters. The highest BCUT2D eigenvalue weighted by molar-refractivity contribution is 5.76. The quantitative estimate of drug-likeness (QED) is 0.539. The van der Waals surface area contributed by atoms with Crippen molar-refractivity contribution in [3.05, 3.63) is 54.9 Å². The van der Waals surface area contributed by atoms with Crippen LogP contribution in [0.15, 0.2) is 53.8 Å². The van der Waals surface area contributed by atoms with E-state index >= 15 is 0 Å². The summed E-state index contributed by atoms with van der Waals surface area (Å²) in [6.07, 6.45) is 8.47. The number of pyridine rings is 1. The van der Waals surface area contributed by atoms with Gasteiger partial charge in [0.1, 0.15) is 17.7 Å². The van der Waals surface area contributed by atoms with Gasteiger partial charge in [-0.15, -0.1) is 0 Å². The summed E-state index contributed by atoms with van der Waals surface area (Å²) in [7, 11) is 1.78. The van der Waals surface area contributed by atoms with E-state index < -0.39 is 0 Å². The maximum atomic E-state index is 5.58. The van der Waals surface area contributed by atoms with Crippen LogP contribution in [0.4, 0.5) is 11.8 Å². The van der Waals surface area contributed by atoms with Gasteiger partial charge in [-0.1, -0.05) is 6.92 Å². The van der Waals surface area contributed by atoms with Gasteiger partial charge in [-0.2, -0.15) is 0 Å². The molecule has 27 heavy (non-hydrogen) atoms. The molecule has 0 aliphatic heterocycles. The van der Waals surface area contributed by atoms with Crippen molar-refractivity contribution in [2.24, 2.45) is 0 Å². The van der Waals surface area contributed by atoms with Crippen LogP contribution in [0.2, 0.25) is 0 Å². The largest absolute Gasteiger partial charge is 0.462 e. The van der Waals surface area contributed by atoms with Gasteiger partial charge in [0.05, 0.1) is 12.0 Å². The van der Waals surface area contributed by atoms with Crippen LogP contribution in [0.25, 0.3) is 22.4 Å². The molecule has 4 aromatic rings. The molecule has 136 valence electrons. The highest BCUT2D eigenvalue weighted by atomic mass is 16.3. The van der Waals surface area contributed by atoms with Crippen LogP contribution >= 0.6 is 0 Å². The van der Waals surface area contributed by atoms with Crippen LogP contribution in [0.5, 0.6) is 0 Å². The van der Waals surface area contributed by atoms with Crippen molar-refractivity contribution in [2.75, 3.05) is 24.2 Å². The van der Waals surface area contributed by atoms with Crippen molar-refractivity contribution in [1.29, 1.82) is 0 Å². The summed E-state index contributed by atoms with van der Waals surface area (Å²) in [5.74, 6) is 1.54. The molecule has 0 aliphatic rings. The Morgan fingerprint density at radius 1 is 1.07 bits per heavy atom. The van der Waals surface area contributed by atoms with E-state index in [0.29, 0.717) is 12.5 Å². The van der Waals surface area contributed by atoms with Crippen LogP contribution in [0, 0.1) is 0 Å². The van der Waals surface area contributed by atoms with Gasteiger partial charge in [-0.25, -0.2) is 19.9 Å². The van der Waals surface area contributed by atoms with E-state index in [4.69, 9.17) is 4.42 Å². The molecule has 0 aromatic carbocycles. The molecule has 0 saturated carbocycles. The van der Waals surface area contributed by atoms with Crippen LogP contribution in [0.3, 0.4) is 0 Å². The third-order valence-corrected chi connectivity index (χ3v) is 4.33. The maximum absolute atomic E-state index is 5.58. The van der Waals surface area contributed by atoms with Gasteiger partial charge in [0.15, 0.2) is 5.58 Å². The number of fused-ring (bicyclic) bond motifs is 1. The van der Waals surface area contributed by atoms with Crippen molar-refractivity contribution in [3.8, 4) is 11.3 Å². The Kier molecular flexibility index (Phi) is 4.61. The summed E-state index contributed by atoms with van der Waals surface area (Å²) in [6, 6.07) is 5.75. The average Bonchev–Trinajstić information content (AvgIpc) is 3.21. The number of hydrogen-bond donors (Lipinski definition) is 2. The Balaban J connectivity index is 1.49. The number of anilines is 2. The summed E-state index contributed by atoms with van der Waals surface area (Å²) in [4.78, 5) is 21.4. The van der Waals surface area contributed by atoms with E-state index in [9.17, 15) is 0 Å². The van der Waals surface area contributed by atoms with Crippen molar-refractivity contribution in [2.45, 2.75) is 12.8 Å². The number of nitrogens with one attached hydrogen (secondary N) is 2. The van der Waals surface area contributed by atoms with Gasteiger partial charge in [0.2, 0.25) is 5.95 Å². The lowest BCUT2D eigenvalue weighted by Crippen LogP contribution is -2.11. The molecule has 4 rings (SSSR count). The Morgan fingerprint density at radius 3 is 2.74 bits per heavy atom. The smallest absolute Gasteiger partial charge is 0.222 e. The molecular weight excluding hydrogens is 342 g/mol. The Hall–Kier alpha value is -3.55. The Labute approximate surface area is 156 Å². The minimum Gasteiger partial charge on any atom is -0.462 e. The number of rotatable bonds is 6. The predicted molar refractivity (Wildman–Crippen MR) is 104 cm³/mol. The van der Waals surface area contributed by atoms with Gasteiger partial charge in [-0.05, 0) is 6.07 Å². The molecule has 0 fully saturated rings. The van der Waals surface area contributed by atoms with Crippen molar-refractivity contribution in [3.63, 3.8) is 0 Å². The fourth-order valence-electron chi connectivity index (χ4n) is 2.85. The van der Waals surface area contributed by atoms with Crippen molar-refractivity contribution < 1.29 is 4.42 Å². The predicted octanol–water partition coefficient (Wildman–Crippen LogP) is 3.33. The normalized spacial score (nSPS) is 12.1. The Bertz CT molecular complexity index is 1050. The first-order chi connectivity index (χ1) is 13.2. The molecule has 0 amide bonds. The molecule has 0 aliphatic carbocycles. The SMILES string of the molecule is CNc1ncc(-c2cc(NC[C@@H](C)c3ccnc4ccoc34)ncn2)cn1. The van der Waals surface area contributed by atoms with E-state index in [0.717, 1.165) is 33.7 Å². The third-order valence-electron chi connectivity index (χ3n) is 4.33. The van der Waals surface area contributed by atoms with Gasteiger partial charge in [0.25, 0.3) is 0 Å². The molecule has 4 aromatic heterocycles. The lowest BCUT2D eigenvalue weighted by atomic mass is 10.0. The minimum atomic E-state index is 0.221. The topological polar surface area (TPSA) is 102 Å². The third kappa shape index (κ3) is 3.55. The zero-order valence-corrected chi connectivity index (χ0v) is 15.0. The first-order valence-electron chi connectivity index (χ1n) is 8.63. The summed E-state index contributed by atoms with van der Waals surface area (Å²) in [5, 5.41) is 6.26. The molecule has 2 N–H and O–H groups in total. The van der Waals surface area contributed by atoms with E-state index in [2.05, 4.69) is 42.5 Å². The standard InChI is InChI=1S/C19H19N7O/c1-12(14-3-5-21-15-4-6-27-18(14)15)8-22-17-7-16(25-11-26-17)13-9-23-19(20-2)24-10-13/h3-7,9-12H,8H2,1-2H3,(H,20,23,24)(H,22,25,26)/t12-/m1/s1. The van der Waals surface area contributed by atoms with Crippen LogP contribution < -0.4 is 10.6 Å². The first-order valence-corrected chi connectivity index (χ1v) is 8.63. The zero-order valence-electron chi connectivity index (χ0n) is 15.0. The van der Waals surface area contributed by atoms with E-state index in [1.54, 1.807) is 31.9 Å². The van der Waals surface area contributed by atoms with E-state index in [1.165, 1.54) is 6.33 Å². The lowest BCUT2D eigenvalue weighted by Gasteiger charge is -2.14. The second kappa shape index (κ2) is 7.36. The monoisotopic (exact) mass is 361 g/mol. The van der Waals surface area contributed by atoms with Gasteiger partial charge < -0.3 is 15.1 Å². The number of furan rings is 1. The summed E-state index contributed by atoms with van der Waals surface area (Å²) in [6.45, 7) is 2.84. The maximum Gasteiger partial charge on any atom is 0.222 e. The fourth-order valence-corrected chi connectivity index (χ4v) is 2.85. The van der Waals surface area contributed by atoms with E-state index in [1.807, 2.05) is 18.2 Å². The van der Waals surface area contributed by atoms with Crippen LogP contribution in [-0.2, 0) is 0 Å². The van der Waals surface area contributed by atoms with E-state index in [-0.39, 0.29) is 5.92 Å². The molecular formula is C19H19N7O. The zero-order chi connectivity index (χ0) is 18.6. The van der Waals surface area contributed by atoms with Gasteiger partial charge in [-0.3, -0.25) is 4.98 Å².